The van der Waals surface area contributed by atoms with Crippen LogP contribution in [0, 0.1) is 11.3 Å². The molecule has 0 radical (unpaired) electrons. The first-order chi connectivity index (χ1) is 7.82. The van der Waals surface area contributed by atoms with E-state index < -0.39 is 47.0 Å². The number of hydrogen-bond acceptors (Lipinski definition) is 3. The lowest BCUT2D eigenvalue weighted by atomic mass is 10.2. The third-order valence-corrected chi connectivity index (χ3v) is 1.16. The van der Waals surface area contributed by atoms with Crippen LogP contribution in [-0.4, -0.2) is 16.9 Å². The first-order valence-electron chi connectivity index (χ1n) is 5.11. The molecule has 1 aromatic carbocycles. The summed E-state index contributed by atoms with van der Waals surface area (Å²) in [6.07, 6.45) is 0. The Labute approximate surface area is 79.7 Å². The van der Waals surface area contributed by atoms with Gasteiger partial charge in [0, 0.05) is 5.56 Å². The second-order valence-electron chi connectivity index (χ2n) is 2.00. The van der Waals surface area contributed by atoms with Crippen molar-refractivity contribution in [3.8, 4) is 6.07 Å². The highest BCUT2D eigenvalue weighted by Crippen LogP contribution is 2.03. The normalized spacial score (nSPS) is 13.2. The van der Waals surface area contributed by atoms with Crippen molar-refractivity contribution in [2.75, 3.05) is 0 Å². The molecular formula is C9H5NO3. The molecule has 0 aliphatic carbocycles. The molecule has 0 saturated heterocycles. The Hall–Kier alpha value is -2.15. The maximum Gasteiger partial charge on any atom is 0.377 e. The van der Waals surface area contributed by atoms with Gasteiger partial charge in [-0.15, -0.1) is 0 Å². The maximum absolute atomic E-state index is 11.2. The van der Waals surface area contributed by atoms with E-state index in [0.29, 0.717) is 0 Å². The average Bonchev–Trinajstić information content (AvgIpc) is 2.27. The van der Waals surface area contributed by atoms with Crippen LogP contribution in [0.5, 0.6) is 0 Å². The van der Waals surface area contributed by atoms with Gasteiger partial charge in [-0.05, 0) is 24.2 Å². The quantitative estimate of drug-likeness (QED) is 0.415. The van der Waals surface area contributed by atoms with Crippen molar-refractivity contribution in [2.45, 2.75) is 0 Å². The van der Waals surface area contributed by atoms with Gasteiger partial charge in [0.1, 0.15) is 0 Å². The molecule has 4 heteroatoms. The summed E-state index contributed by atoms with van der Waals surface area (Å²) in [4.78, 5) is 21.7. The van der Waals surface area contributed by atoms with Crippen molar-refractivity contribution < 1.29 is 20.2 Å². The van der Waals surface area contributed by atoms with E-state index in [0.717, 1.165) is 0 Å². The fourth-order valence-corrected chi connectivity index (χ4v) is 0.589. The summed E-state index contributed by atoms with van der Waals surface area (Å²) in [7, 11) is 0. The van der Waals surface area contributed by atoms with Gasteiger partial charge >= 0.3 is 5.97 Å². The zero-order chi connectivity index (χ0) is 13.3. The Morgan fingerprint density at radius 3 is 2.31 bits per heavy atom. The first kappa shape index (κ1) is 4.77. The lowest BCUT2D eigenvalue weighted by molar-refractivity contribution is -0.131. The molecule has 0 fully saturated rings. The lowest BCUT2D eigenvalue weighted by Gasteiger charge is -1.94. The van der Waals surface area contributed by atoms with Gasteiger partial charge < -0.3 is 5.11 Å². The number of aliphatic carboxylic acids is 1. The van der Waals surface area contributed by atoms with Crippen molar-refractivity contribution in [2.24, 2.45) is 0 Å². The summed E-state index contributed by atoms with van der Waals surface area (Å²) < 4.78 is 29.4. The van der Waals surface area contributed by atoms with Crippen LogP contribution in [0.15, 0.2) is 24.2 Å². The molecular weight excluding hydrogens is 171 g/mol. The third-order valence-electron chi connectivity index (χ3n) is 1.16. The van der Waals surface area contributed by atoms with E-state index in [1.807, 2.05) is 0 Å². The predicted octanol–water partition coefficient (Wildman–Crippen LogP) is 0.826. The Balaban J connectivity index is 3.72. The number of nitriles is 1. The number of hydrogen-bond donors (Lipinski definition) is 1. The van der Waals surface area contributed by atoms with Crippen molar-refractivity contribution in [3.63, 3.8) is 0 Å². The van der Waals surface area contributed by atoms with Crippen molar-refractivity contribution in [3.05, 3.63) is 35.3 Å². The van der Waals surface area contributed by atoms with Crippen LogP contribution in [0.3, 0.4) is 0 Å². The highest BCUT2D eigenvalue weighted by atomic mass is 16.4. The molecule has 1 rings (SSSR count). The van der Waals surface area contributed by atoms with E-state index in [1.54, 1.807) is 0 Å². The number of rotatable bonds is 2. The van der Waals surface area contributed by atoms with Crippen LogP contribution in [0.4, 0.5) is 0 Å². The average molecular weight is 180 g/mol. The summed E-state index contributed by atoms with van der Waals surface area (Å²) in [5.74, 6) is -3.41. The van der Waals surface area contributed by atoms with E-state index in [1.165, 1.54) is 6.07 Å². The number of nitrogens with zero attached hydrogens (tertiary/aromatic N) is 1. The van der Waals surface area contributed by atoms with E-state index in [2.05, 4.69) is 0 Å². The van der Waals surface area contributed by atoms with Crippen molar-refractivity contribution in [1.29, 1.82) is 5.26 Å². The second-order valence-corrected chi connectivity index (χ2v) is 2.00. The van der Waals surface area contributed by atoms with E-state index in [9.17, 15) is 9.59 Å². The van der Waals surface area contributed by atoms with Crippen molar-refractivity contribution in [1.82, 2.24) is 0 Å². The number of benzene rings is 1. The molecule has 4 nitrogen and oxygen atoms in total. The zero-order valence-corrected chi connectivity index (χ0v) is 6.21. The second kappa shape index (κ2) is 3.50. The summed E-state index contributed by atoms with van der Waals surface area (Å²) in [6.45, 7) is 0. The largest absolute Gasteiger partial charge is 0.475 e. The van der Waals surface area contributed by atoms with Gasteiger partial charge in [-0.3, -0.25) is 4.79 Å². The van der Waals surface area contributed by atoms with Crippen LogP contribution in [-0.2, 0) is 4.79 Å². The Bertz CT molecular complexity index is 548. The molecule has 1 aromatic rings. The molecule has 0 saturated carbocycles. The fourth-order valence-electron chi connectivity index (χ4n) is 0.589. The third kappa shape index (κ3) is 1.91. The molecule has 0 bridgehead atoms. The van der Waals surface area contributed by atoms with E-state index in [-0.39, 0.29) is 0 Å². The van der Waals surface area contributed by atoms with Gasteiger partial charge in [-0.1, -0.05) is 0 Å². The molecule has 13 heavy (non-hydrogen) atoms. The summed E-state index contributed by atoms with van der Waals surface area (Å²) >= 11 is 0. The standard InChI is InChI=1S/C9H5NO3/c10-5-6-1-3-7(4-2-6)8(11)9(12)13/h1-4H,(H,12,13)/i1D,2D,3D,4D,8+1. The highest BCUT2D eigenvalue weighted by Gasteiger charge is 2.13. The minimum atomic E-state index is -1.88. The maximum atomic E-state index is 11.2. The molecule has 0 amide bonds. The van der Waals surface area contributed by atoms with Gasteiger partial charge in [0.15, 0.2) is 0 Å². The smallest absolute Gasteiger partial charge is 0.377 e. The molecule has 0 aliphatic rings. The number of carbonyl (C=O) groups excluding carboxylic acids is 1. The first-order valence-corrected chi connectivity index (χ1v) is 3.11. The number of carboxylic acid groups (broad SMARTS) is 1. The van der Waals surface area contributed by atoms with Crippen LogP contribution in [0.25, 0.3) is 0 Å². The van der Waals surface area contributed by atoms with E-state index in [4.69, 9.17) is 15.9 Å². The summed E-state index contributed by atoms with van der Waals surface area (Å²) in [5.41, 5.74) is -1.37. The number of ketones is 1. The molecule has 0 atom stereocenters. The molecule has 0 unspecified atom stereocenters. The zero-order valence-electron chi connectivity index (χ0n) is 10.2. The van der Waals surface area contributed by atoms with Crippen molar-refractivity contribution >= 4 is 11.8 Å². The molecule has 0 heterocycles. The predicted molar refractivity (Wildman–Crippen MR) is 43.1 cm³/mol. The Morgan fingerprint density at radius 2 is 1.92 bits per heavy atom. The van der Waals surface area contributed by atoms with Crippen LogP contribution < -0.4 is 0 Å². The van der Waals surface area contributed by atoms with Gasteiger partial charge in [0.05, 0.1) is 17.1 Å². The summed E-state index contributed by atoms with van der Waals surface area (Å²) in [6, 6.07) is -1.63. The number of Topliss-reactive ketones (excluding diaryl/α,β-unsaturated/α-hetero) is 1. The molecule has 0 aromatic heterocycles. The van der Waals surface area contributed by atoms with Crippen LogP contribution >= 0.6 is 0 Å². The summed E-state index contributed by atoms with van der Waals surface area (Å²) in [5, 5.41) is 17.1. The Morgan fingerprint density at radius 1 is 1.38 bits per heavy atom. The van der Waals surface area contributed by atoms with Crippen LogP contribution in [0.2, 0.25) is 0 Å². The van der Waals surface area contributed by atoms with E-state index >= 15 is 0 Å². The lowest BCUT2D eigenvalue weighted by Crippen LogP contribution is -2.12. The minimum absolute atomic E-state index is 0.526. The van der Waals surface area contributed by atoms with Gasteiger partial charge in [0.25, 0.3) is 5.78 Å². The molecule has 0 spiro atoms. The monoisotopic (exact) mass is 180 g/mol. The minimum Gasteiger partial charge on any atom is -0.475 e. The molecule has 64 valence electrons. The SMILES string of the molecule is [2H]c1c([2H])c([13C](=O)C(=O)O)c([2H])c([2H])c1C#N. The van der Waals surface area contributed by atoms with Gasteiger partial charge in [-0.2, -0.15) is 5.26 Å². The fraction of sp³-hybridized carbons (Fsp3) is 0. The Kier molecular flexibility index (Phi) is 1.28. The van der Waals surface area contributed by atoms with Gasteiger partial charge in [0.2, 0.25) is 0 Å². The topological polar surface area (TPSA) is 78.2 Å². The van der Waals surface area contributed by atoms with Crippen LogP contribution in [0.1, 0.15) is 21.4 Å². The molecule has 0 aliphatic heterocycles. The number of carbonyl (C=O) groups is 2. The van der Waals surface area contributed by atoms with Gasteiger partial charge in [-0.25, -0.2) is 4.79 Å². The highest BCUT2D eigenvalue weighted by molar-refractivity contribution is 6.39. The number of carboxylic acids is 1. The molecule has 1 N–H and O–H groups in total.